The Morgan fingerprint density at radius 2 is 1.70 bits per heavy atom. The second-order valence-electron chi connectivity index (χ2n) is 4.20. The Morgan fingerprint density at radius 3 is 2.25 bits per heavy atom. The third kappa shape index (κ3) is 2.82. The lowest BCUT2D eigenvalue weighted by atomic mass is 9.99. The third-order valence-corrected chi connectivity index (χ3v) is 2.90. The second-order valence-corrected chi connectivity index (χ2v) is 4.20. The molecule has 0 saturated carbocycles. The number of carbonyl (C=O) groups excluding carboxylic acids is 1. The lowest BCUT2D eigenvalue weighted by Crippen LogP contribution is -2.10. The maximum absolute atomic E-state index is 12.7. The Morgan fingerprint density at radius 1 is 1.05 bits per heavy atom. The van der Waals surface area contributed by atoms with Gasteiger partial charge in [0.05, 0.1) is 5.56 Å². The zero-order valence-corrected chi connectivity index (χ0v) is 10.7. The third-order valence-electron chi connectivity index (χ3n) is 2.90. The summed E-state index contributed by atoms with van der Waals surface area (Å²) < 4.78 is 38.2. The molecule has 0 atom stereocenters. The molecule has 0 fully saturated rings. The van der Waals surface area contributed by atoms with Crippen molar-refractivity contribution in [3.8, 4) is 0 Å². The maximum atomic E-state index is 12.7. The molecule has 0 aliphatic carbocycles. The Hall–Kier alpha value is -2.30. The van der Waals surface area contributed by atoms with Crippen LogP contribution in [0, 0.1) is 0 Å². The van der Waals surface area contributed by atoms with Gasteiger partial charge in [0.1, 0.15) is 0 Å². The number of rotatable bonds is 3. The fraction of sp³-hybridized carbons (Fsp3) is 0.133. The average Bonchev–Trinajstić information content (AvgIpc) is 2.45. The summed E-state index contributed by atoms with van der Waals surface area (Å²) in [5.41, 5.74) is -0.112. The molecule has 2 rings (SSSR count). The molecule has 0 amide bonds. The summed E-state index contributed by atoms with van der Waals surface area (Å²) in [5, 5.41) is 2.74. The van der Waals surface area contributed by atoms with Gasteiger partial charge in [-0.1, -0.05) is 30.3 Å². The topological polar surface area (TPSA) is 29.1 Å². The van der Waals surface area contributed by atoms with Gasteiger partial charge in [0.25, 0.3) is 0 Å². The molecule has 0 heterocycles. The first-order valence-electron chi connectivity index (χ1n) is 5.92. The Kier molecular flexibility index (Phi) is 3.79. The zero-order chi connectivity index (χ0) is 14.8. The minimum Gasteiger partial charge on any atom is -0.388 e. The van der Waals surface area contributed by atoms with E-state index in [0.717, 1.165) is 12.1 Å². The number of hydrogen-bond donors (Lipinski definition) is 1. The minimum absolute atomic E-state index is 0.00789. The molecule has 2 aromatic carbocycles. The quantitative estimate of drug-likeness (QED) is 0.861. The van der Waals surface area contributed by atoms with Crippen molar-refractivity contribution in [3.05, 3.63) is 65.2 Å². The number of nitrogens with one attached hydrogen (secondary N) is 1. The van der Waals surface area contributed by atoms with Gasteiger partial charge in [0.15, 0.2) is 5.78 Å². The van der Waals surface area contributed by atoms with Crippen molar-refractivity contribution in [3.63, 3.8) is 0 Å². The van der Waals surface area contributed by atoms with E-state index in [2.05, 4.69) is 5.32 Å². The van der Waals surface area contributed by atoms with Crippen molar-refractivity contribution < 1.29 is 18.0 Å². The first-order valence-corrected chi connectivity index (χ1v) is 5.92. The summed E-state index contributed by atoms with van der Waals surface area (Å²) in [6, 6.07) is 11.3. The van der Waals surface area contributed by atoms with E-state index in [1.54, 1.807) is 37.4 Å². The predicted octanol–water partition coefficient (Wildman–Crippen LogP) is 3.98. The monoisotopic (exact) mass is 279 g/mol. The van der Waals surface area contributed by atoms with Crippen LogP contribution in [0.5, 0.6) is 0 Å². The fourth-order valence-corrected chi connectivity index (χ4v) is 1.87. The fourth-order valence-electron chi connectivity index (χ4n) is 1.87. The van der Waals surface area contributed by atoms with Crippen molar-refractivity contribution in [2.45, 2.75) is 6.18 Å². The highest BCUT2D eigenvalue weighted by molar-refractivity contribution is 6.12. The number of ketones is 1. The van der Waals surface area contributed by atoms with Gasteiger partial charge in [-0.3, -0.25) is 4.79 Å². The van der Waals surface area contributed by atoms with E-state index in [4.69, 9.17) is 0 Å². The van der Waals surface area contributed by atoms with Crippen molar-refractivity contribution in [1.29, 1.82) is 0 Å². The van der Waals surface area contributed by atoms with Gasteiger partial charge in [-0.05, 0) is 18.2 Å². The van der Waals surface area contributed by atoms with Crippen LogP contribution in [0.25, 0.3) is 0 Å². The molecule has 104 valence electrons. The van der Waals surface area contributed by atoms with E-state index in [-0.39, 0.29) is 5.56 Å². The van der Waals surface area contributed by atoms with Crippen molar-refractivity contribution >= 4 is 11.5 Å². The Labute approximate surface area is 114 Å². The van der Waals surface area contributed by atoms with Gasteiger partial charge >= 0.3 is 6.18 Å². The predicted molar refractivity (Wildman–Crippen MR) is 70.9 cm³/mol. The van der Waals surface area contributed by atoms with Crippen molar-refractivity contribution in [2.24, 2.45) is 0 Å². The van der Waals surface area contributed by atoms with Gasteiger partial charge < -0.3 is 5.32 Å². The number of halogens is 3. The highest BCUT2D eigenvalue weighted by Gasteiger charge is 2.31. The Balaban J connectivity index is 2.52. The highest BCUT2D eigenvalue weighted by Crippen LogP contribution is 2.32. The normalized spacial score (nSPS) is 11.2. The molecule has 0 aliphatic rings. The first kappa shape index (κ1) is 14.1. The SMILES string of the molecule is CNc1ccc(C(F)(F)F)cc1C(=O)c1ccccc1. The van der Waals surface area contributed by atoms with Crippen LogP contribution >= 0.6 is 0 Å². The maximum Gasteiger partial charge on any atom is 0.416 e. The number of anilines is 1. The smallest absolute Gasteiger partial charge is 0.388 e. The van der Waals surface area contributed by atoms with Gasteiger partial charge in [-0.15, -0.1) is 0 Å². The Bertz CT molecular complexity index is 621. The van der Waals surface area contributed by atoms with Gasteiger partial charge in [-0.25, -0.2) is 0 Å². The average molecular weight is 279 g/mol. The molecule has 20 heavy (non-hydrogen) atoms. The van der Waals surface area contributed by atoms with Crippen LogP contribution in [-0.2, 0) is 6.18 Å². The largest absolute Gasteiger partial charge is 0.416 e. The van der Waals surface area contributed by atoms with E-state index >= 15 is 0 Å². The van der Waals surface area contributed by atoms with E-state index in [0.29, 0.717) is 11.3 Å². The van der Waals surface area contributed by atoms with Crippen LogP contribution in [0.15, 0.2) is 48.5 Å². The number of hydrogen-bond acceptors (Lipinski definition) is 2. The molecule has 5 heteroatoms. The molecule has 2 aromatic rings. The molecule has 0 bridgehead atoms. The number of carbonyl (C=O) groups is 1. The molecule has 0 spiro atoms. The summed E-state index contributed by atoms with van der Waals surface area (Å²) in [6.07, 6.45) is -4.47. The van der Waals surface area contributed by atoms with Crippen LogP contribution in [-0.4, -0.2) is 12.8 Å². The first-order chi connectivity index (χ1) is 9.43. The molecule has 0 aromatic heterocycles. The van der Waals surface area contributed by atoms with E-state index in [1.165, 1.54) is 6.07 Å². The minimum atomic E-state index is -4.47. The summed E-state index contributed by atoms with van der Waals surface area (Å²) in [4.78, 5) is 12.3. The molecule has 0 unspecified atom stereocenters. The van der Waals surface area contributed by atoms with Gasteiger partial charge in [0, 0.05) is 23.9 Å². The van der Waals surface area contributed by atoms with Gasteiger partial charge in [-0.2, -0.15) is 13.2 Å². The molecule has 0 aliphatic heterocycles. The van der Waals surface area contributed by atoms with Crippen LogP contribution in [0.1, 0.15) is 21.5 Å². The molecule has 0 saturated heterocycles. The molecule has 0 radical (unpaired) electrons. The van der Waals surface area contributed by atoms with Crippen LogP contribution < -0.4 is 5.32 Å². The van der Waals surface area contributed by atoms with E-state index < -0.39 is 17.5 Å². The van der Waals surface area contributed by atoms with E-state index in [9.17, 15) is 18.0 Å². The number of benzene rings is 2. The summed E-state index contributed by atoms with van der Waals surface area (Å²) in [6.45, 7) is 0. The van der Waals surface area contributed by atoms with Crippen LogP contribution in [0.3, 0.4) is 0 Å². The summed E-state index contributed by atoms with van der Waals surface area (Å²) in [5.74, 6) is -0.443. The van der Waals surface area contributed by atoms with Crippen molar-refractivity contribution in [2.75, 3.05) is 12.4 Å². The zero-order valence-electron chi connectivity index (χ0n) is 10.7. The number of alkyl halides is 3. The molecular formula is C15H12F3NO. The highest BCUT2D eigenvalue weighted by atomic mass is 19.4. The molecule has 2 nitrogen and oxygen atoms in total. The van der Waals surface area contributed by atoms with Gasteiger partial charge in [0.2, 0.25) is 0 Å². The van der Waals surface area contributed by atoms with Crippen LogP contribution in [0.2, 0.25) is 0 Å². The summed E-state index contributed by atoms with van der Waals surface area (Å²) >= 11 is 0. The standard InChI is InChI=1S/C15H12F3NO/c1-19-13-8-7-11(15(16,17)18)9-12(13)14(20)10-5-3-2-4-6-10/h2-9,19H,1H3. The van der Waals surface area contributed by atoms with Crippen molar-refractivity contribution in [1.82, 2.24) is 0 Å². The van der Waals surface area contributed by atoms with E-state index in [1.807, 2.05) is 0 Å². The molecule has 1 N–H and O–H groups in total. The summed E-state index contributed by atoms with van der Waals surface area (Å²) in [7, 11) is 1.56. The second kappa shape index (κ2) is 5.36. The molecular weight excluding hydrogens is 267 g/mol. The van der Waals surface area contributed by atoms with Crippen LogP contribution in [0.4, 0.5) is 18.9 Å². The lowest BCUT2D eigenvalue weighted by Gasteiger charge is -2.12. The lowest BCUT2D eigenvalue weighted by molar-refractivity contribution is -0.137.